The van der Waals surface area contributed by atoms with E-state index in [1.54, 1.807) is 0 Å². The summed E-state index contributed by atoms with van der Waals surface area (Å²) < 4.78 is 23.8. The predicted molar refractivity (Wildman–Crippen MR) is 40.8 cm³/mol. The standard InChI is InChI=1S/C8H15F2N/c1-11-4-2-7(3-5-11)6-8(9)10/h7-8H,2-6H2,1H3. The molecule has 0 radical (unpaired) electrons. The first kappa shape index (κ1) is 8.91. The fourth-order valence-electron chi connectivity index (χ4n) is 1.55. The van der Waals surface area contributed by atoms with Crippen LogP contribution in [0.4, 0.5) is 8.78 Å². The Morgan fingerprint density at radius 2 is 1.91 bits per heavy atom. The number of likely N-dealkylation sites (tertiary alicyclic amines) is 1. The monoisotopic (exact) mass is 163 g/mol. The first-order chi connectivity index (χ1) is 5.18. The molecule has 66 valence electrons. The molecule has 0 aliphatic carbocycles. The van der Waals surface area contributed by atoms with E-state index < -0.39 is 6.43 Å². The highest BCUT2D eigenvalue weighted by Crippen LogP contribution is 2.22. The topological polar surface area (TPSA) is 3.24 Å². The summed E-state index contributed by atoms with van der Waals surface area (Å²) in [6.45, 7) is 1.97. The van der Waals surface area contributed by atoms with Crippen molar-refractivity contribution in [2.75, 3.05) is 20.1 Å². The number of hydrogen-bond acceptors (Lipinski definition) is 1. The quantitative estimate of drug-likeness (QED) is 0.601. The molecular weight excluding hydrogens is 148 g/mol. The molecular formula is C8H15F2N. The zero-order valence-electron chi connectivity index (χ0n) is 6.89. The highest BCUT2D eigenvalue weighted by molar-refractivity contribution is 4.70. The van der Waals surface area contributed by atoms with Gasteiger partial charge in [-0.2, -0.15) is 0 Å². The molecule has 1 rings (SSSR count). The maximum atomic E-state index is 11.9. The van der Waals surface area contributed by atoms with E-state index in [0.717, 1.165) is 25.9 Å². The number of rotatable bonds is 2. The molecule has 1 heterocycles. The van der Waals surface area contributed by atoms with Crippen molar-refractivity contribution in [2.24, 2.45) is 5.92 Å². The predicted octanol–water partition coefficient (Wildman–Crippen LogP) is 1.98. The van der Waals surface area contributed by atoms with Crippen molar-refractivity contribution in [2.45, 2.75) is 25.7 Å². The van der Waals surface area contributed by atoms with Gasteiger partial charge in [0.2, 0.25) is 6.43 Å². The maximum Gasteiger partial charge on any atom is 0.238 e. The molecule has 0 spiro atoms. The fraction of sp³-hybridized carbons (Fsp3) is 1.00. The zero-order valence-corrected chi connectivity index (χ0v) is 6.89. The Morgan fingerprint density at radius 1 is 1.36 bits per heavy atom. The summed E-state index contributed by atoms with van der Waals surface area (Å²) in [5.41, 5.74) is 0. The average molecular weight is 163 g/mol. The summed E-state index contributed by atoms with van der Waals surface area (Å²) >= 11 is 0. The summed E-state index contributed by atoms with van der Waals surface area (Å²) in [5.74, 6) is 0.270. The number of piperidine rings is 1. The smallest absolute Gasteiger partial charge is 0.238 e. The van der Waals surface area contributed by atoms with E-state index in [1.165, 1.54) is 0 Å². The molecule has 1 saturated heterocycles. The van der Waals surface area contributed by atoms with Crippen LogP contribution in [0, 0.1) is 5.92 Å². The van der Waals surface area contributed by atoms with Gasteiger partial charge in [0.05, 0.1) is 0 Å². The molecule has 0 bridgehead atoms. The zero-order chi connectivity index (χ0) is 8.27. The van der Waals surface area contributed by atoms with Gasteiger partial charge in [0.15, 0.2) is 0 Å². The molecule has 1 nitrogen and oxygen atoms in total. The van der Waals surface area contributed by atoms with Crippen LogP contribution in [0.5, 0.6) is 0 Å². The van der Waals surface area contributed by atoms with Gasteiger partial charge in [-0.3, -0.25) is 0 Å². The number of hydrogen-bond donors (Lipinski definition) is 0. The van der Waals surface area contributed by atoms with Crippen LogP contribution in [0.15, 0.2) is 0 Å². The molecule has 1 aliphatic rings. The van der Waals surface area contributed by atoms with Gasteiger partial charge in [0, 0.05) is 6.42 Å². The second kappa shape index (κ2) is 4.00. The van der Waals surface area contributed by atoms with Crippen LogP contribution in [-0.2, 0) is 0 Å². The minimum absolute atomic E-state index is 0.105. The molecule has 0 saturated carbocycles. The first-order valence-electron chi connectivity index (χ1n) is 4.15. The lowest BCUT2D eigenvalue weighted by molar-refractivity contribution is 0.0922. The largest absolute Gasteiger partial charge is 0.306 e. The third kappa shape index (κ3) is 3.14. The number of alkyl halides is 2. The Balaban J connectivity index is 2.17. The lowest BCUT2D eigenvalue weighted by Gasteiger charge is -2.28. The summed E-state index contributed by atoms with van der Waals surface area (Å²) in [7, 11) is 2.04. The first-order valence-corrected chi connectivity index (χ1v) is 4.15. The van der Waals surface area contributed by atoms with Crippen LogP contribution in [0.25, 0.3) is 0 Å². The number of halogens is 2. The van der Waals surface area contributed by atoms with Crippen LogP contribution >= 0.6 is 0 Å². The van der Waals surface area contributed by atoms with Crippen LogP contribution in [0.3, 0.4) is 0 Å². The van der Waals surface area contributed by atoms with Gasteiger partial charge in [-0.05, 0) is 38.9 Å². The lowest BCUT2D eigenvalue weighted by Crippen LogP contribution is -2.30. The summed E-state index contributed by atoms with van der Waals surface area (Å²) in [6, 6.07) is 0. The second-order valence-electron chi connectivity index (χ2n) is 3.37. The number of nitrogens with zero attached hydrogens (tertiary/aromatic N) is 1. The molecule has 0 N–H and O–H groups in total. The average Bonchev–Trinajstić information content (AvgIpc) is 1.93. The van der Waals surface area contributed by atoms with Crippen molar-refractivity contribution < 1.29 is 8.78 Å². The van der Waals surface area contributed by atoms with Gasteiger partial charge in [-0.1, -0.05) is 0 Å². The van der Waals surface area contributed by atoms with Gasteiger partial charge in [0.25, 0.3) is 0 Å². The van der Waals surface area contributed by atoms with E-state index in [9.17, 15) is 8.78 Å². The van der Waals surface area contributed by atoms with E-state index >= 15 is 0 Å². The minimum Gasteiger partial charge on any atom is -0.306 e. The molecule has 0 aromatic rings. The summed E-state index contributed by atoms with van der Waals surface area (Å²) in [6.07, 6.45) is -0.112. The Labute approximate surface area is 66.4 Å². The van der Waals surface area contributed by atoms with Crippen molar-refractivity contribution in [3.8, 4) is 0 Å². The van der Waals surface area contributed by atoms with Gasteiger partial charge >= 0.3 is 0 Å². The minimum atomic E-state index is -2.11. The molecule has 0 aromatic carbocycles. The van der Waals surface area contributed by atoms with Crippen LogP contribution in [0.1, 0.15) is 19.3 Å². The lowest BCUT2D eigenvalue weighted by atomic mass is 9.94. The molecule has 0 amide bonds. The third-order valence-electron chi connectivity index (χ3n) is 2.35. The van der Waals surface area contributed by atoms with Gasteiger partial charge in [-0.15, -0.1) is 0 Å². The van der Waals surface area contributed by atoms with Crippen molar-refractivity contribution in [3.05, 3.63) is 0 Å². The normalized spacial score (nSPS) is 22.9. The van der Waals surface area contributed by atoms with Gasteiger partial charge in [-0.25, -0.2) is 8.78 Å². The molecule has 1 fully saturated rings. The van der Waals surface area contributed by atoms with Crippen LogP contribution < -0.4 is 0 Å². The summed E-state index contributed by atoms with van der Waals surface area (Å²) in [4.78, 5) is 2.20. The highest BCUT2D eigenvalue weighted by Gasteiger charge is 2.19. The Hall–Kier alpha value is -0.180. The molecule has 1 aliphatic heterocycles. The van der Waals surface area contributed by atoms with Crippen molar-refractivity contribution in [3.63, 3.8) is 0 Å². The Bertz CT molecular complexity index is 109. The van der Waals surface area contributed by atoms with Gasteiger partial charge < -0.3 is 4.90 Å². The highest BCUT2D eigenvalue weighted by atomic mass is 19.3. The van der Waals surface area contributed by atoms with Crippen molar-refractivity contribution in [1.82, 2.24) is 4.90 Å². The van der Waals surface area contributed by atoms with Gasteiger partial charge in [0.1, 0.15) is 0 Å². The molecule has 0 unspecified atom stereocenters. The third-order valence-corrected chi connectivity index (χ3v) is 2.35. The Morgan fingerprint density at radius 3 is 2.36 bits per heavy atom. The summed E-state index contributed by atoms with van der Waals surface area (Å²) in [5, 5.41) is 0. The van der Waals surface area contributed by atoms with E-state index in [-0.39, 0.29) is 12.3 Å². The van der Waals surface area contributed by atoms with Crippen LogP contribution in [-0.4, -0.2) is 31.5 Å². The van der Waals surface area contributed by atoms with E-state index in [2.05, 4.69) is 4.90 Å². The van der Waals surface area contributed by atoms with Crippen molar-refractivity contribution >= 4 is 0 Å². The van der Waals surface area contributed by atoms with E-state index in [0.29, 0.717) is 0 Å². The van der Waals surface area contributed by atoms with Crippen molar-refractivity contribution in [1.29, 1.82) is 0 Å². The van der Waals surface area contributed by atoms with E-state index in [1.807, 2.05) is 7.05 Å². The molecule has 0 atom stereocenters. The second-order valence-corrected chi connectivity index (χ2v) is 3.37. The van der Waals surface area contributed by atoms with E-state index in [4.69, 9.17) is 0 Å². The molecule has 3 heteroatoms. The fourth-order valence-corrected chi connectivity index (χ4v) is 1.55. The van der Waals surface area contributed by atoms with Crippen LogP contribution in [0.2, 0.25) is 0 Å². The molecule has 0 aromatic heterocycles. The SMILES string of the molecule is CN1CCC(CC(F)F)CC1. The maximum absolute atomic E-state index is 11.9. The Kier molecular flexibility index (Phi) is 3.24. The molecule has 11 heavy (non-hydrogen) atoms.